The van der Waals surface area contributed by atoms with E-state index < -0.39 is 0 Å². The van der Waals surface area contributed by atoms with Gasteiger partial charge in [-0.3, -0.25) is 0 Å². The number of thioether (sulfide) groups is 1. The van der Waals surface area contributed by atoms with Gasteiger partial charge in [-0.25, -0.2) is 0 Å². The van der Waals surface area contributed by atoms with E-state index in [1.165, 1.54) is 4.90 Å². The topological polar surface area (TPSA) is 33.0 Å². The largest absolute Gasteiger partial charge is 0.494 e. The van der Waals surface area contributed by atoms with E-state index in [1.54, 1.807) is 12.1 Å². The van der Waals surface area contributed by atoms with Crippen molar-refractivity contribution in [2.75, 3.05) is 12.4 Å². The van der Waals surface area contributed by atoms with Crippen molar-refractivity contribution in [1.29, 1.82) is 5.26 Å². The summed E-state index contributed by atoms with van der Waals surface area (Å²) in [7, 11) is 0. The third kappa shape index (κ3) is 4.92. The molecule has 0 heterocycles. The Morgan fingerprint density at radius 3 is 2.65 bits per heavy atom. The maximum Gasteiger partial charge on any atom is 0.119 e. The summed E-state index contributed by atoms with van der Waals surface area (Å²) in [6.07, 6.45) is 0.983. The van der Waals surface area contributed by atoms with Crippen molar-refractivity contribution in [2.24, 2.45) is 0 Å². The highest BCUT2D eigenvalue weighted by molar-refractivity contribution is 9.10. The molecule has 2 nitrogen and oxygen atoms in total. The van der Waals surface area contributed by atoms with E-state index >= 15 is 0 Å². The maximum absolute atomic E-state index is 8.71. The van der Waals surface area contributed by atoms with E-state index in [9.17, 15) is 0 Å². The molecule has 0 unspecified atom stereocenters. The molecule has 0 amide bonds. The minimum atomic E-state index is 0.655. The van der Waals surface area contributed by atoms with Crippen LogP contribution in [0.3, 0.4) is 0 Å². The molecule has 0 aliphatic carbocycles. The first kappa shape index (κ1) is 15.0. The lowest BCUT2D eigenvalue weighted by Crippen LogP contribution is -1.98. The second-order valence-corrected chi connectivity index (χ2v) is 6.23. The van der Waals surface area contributed by atoms with Gasteiger partial charge in [0.15, 0.2) is 0 Å². The van der Waals surface area contributed by atoms with E-state index in [0.717, 1.165) is 22.4 Å². The van der Waals surface area contributed by atoms with Gasteiger partial charge in [0.05, 0.1) is 18.2 Å². The third-order valence-corrected chi connectivity index (χ3v) is 4.18. The van der Waals surface area contributed by atoms with Crippen molar-refractivity contribution in [1.82, 2.24) is 0 Å². The number of benzene rings is 2. The summed E-state index contributed by atoms with van der Waals surface area (Å²) >= 11 is 5.29. The predicted octanol–water partition coefficient (Wildman–Crippen LogP) is 4.88. The summed E-state index contributed by atoms with van der Waals surface area (Å²) in [6, 6.07) is 17.6. The summed E-state index contributed by atoms with van der Waals surface area (Å²) in [6.45, 7) is 0.687. The van der Waals surface area contributed by atoms with Crippen LogP contribution < -0.4 is 4.74 Å². The molecule has 102 valence electrons. The van der Waals surface area contributed by atoms with Gasteiger partial charge in [0.25, 0.3) is 0 Å². The average Bonchev–Trinajstić information content (AvgIpc) is 2.48. The van der Waals surface area contributed by atoms with Crippen LogP contribution in [0.15, 0.2) is 57.9 Å². The van der Waals surface area contributed by atoms with Crippen molar-refractivity contribution >= 4 is 27.7 Å². The molecule has 4 heteroatoms. The third-order valence-electron chi connectivity index (χ3n) is 2.61. The molecule has 0 aliphatic heterocycles. The van der Waals surface area contributed by atoms with Gasteiger partial charge in [0.2, 0.25) is 0 Å². The smallest absolute Gasteiger partial charge is 0.119 e. The van der Waals surface area contributed by atoms with Gasteiger partial charge >= 0.3 is 0 Å². The van der Waals surface area contributed by atoms with Gasteiger partial charge in [-0.1, -0.05) is 22.0 Å². The molecule has 0 atom stereocenters. The summed E-state index contributed by atoms with van der Waals surface area (Å²) in [5, 5.41) is 8.71. The Hall–Kier alpha value is -1.44. The second-order valence-electron chi connectivity index (χ2n) is 4.14. The highest BCUT2D eigenvalue weighted by Crippen LogP contribution is 2.22. The van der Waals surface area contributed by atoms with Crippen molar-refractivity contribution in [3.8, 4) is 11.8 Å². The quantitative estimate of drug-likeness (QED) is 0.551. The summed E-state index contributed by atoms with van der Waals surface area (Å²) < 4.78 is 6.74. The molecule has 0 N–H and O–H groups in total. The molecule has 2 aromatic carbocycles. The molecular weight excluding hydrogens is 334 g/mol. The highest BCUT2D eigenvalue weighted by atomic mass is 79.9. The van der Waals surface area contributed by atoms with Gasteiger partial charge in [0.1, 0.15) is 5.75 Å². The lowest BCUT2D eigenvalue weighted by molar-refractivity contribution is 0.318. The molecule has 0 bridgehead atoms. The SMILES string of the molecule is N#Cc1ccc(OCCCSc2cccc(Br)c2)cc1. The second kappa shape index (κ2) is 7.98. The van der Waals surface area contributed by atoms with E-state index in [4.69, 9.17) is 10.00 Å². The number of halogens is 1. The Labute approximate surface area is 131 Å². The molecule has 0 saturated heterocycles. The zero-order valence-electron chi connectivity index (χ0n) is 10.9. The summed E-state index contributed by atoms with van der Waals surface area (Å²) in [5.41, 5.74) is 0.655. The molecule has 0 fully saturated rings. The molecule has 20 heavy (non-hydrogen) atoms. The van der Waals surface area contributed by atoms with Crippen LogP contribution in [0.5, 0.6) is 5.75 Å². The standard InChI is InChI=1S/C16H14BrNOS/c17-14-3-1-4-16(11-14)20-10-2-9-19-15-7-5-13(12-18)6-8-15/h1,3-8,11H,2,9-10H2. The van der Waals surface area contributed by atoms with E-state index in [2.05, 4.69) is 34.1 Å². The summed E-state index contributed by atoms with van der Waals surface area (Å²) in [5.74, 6) is 1.84. The van der Waals surface area contributed by atoms with Crippen LogP contribution in [0, 0.1) is 11.3 Å². The lowest BCUT2D eigenvalue weighted by atomic mass is 10.2. The monoisotopic (exact) mass is 347 g/mol. The number of rotatable bonds is 6. The predicted molar refractivity (Wildman–Crippen MR) is 86.1 cm³/mol. The van der Waals surface area contributed by atoms with Crippen molar-refractivity contribution in [2.45, 2.75) is 11.3 Å². The zero-order valence-corrected chi connectivity index (χ0v) is 13.3. The van der Waals surface area contributed by atoms with Crippen LogP contribution >= 0.6 is 27.7 Å². The van der Waals surface area contributed by atoms with Crippen LogP contribution in [-0.2, 0) is 0 Å². The fraction of sp³-hybridized carbons (Fsp3) is 0.188. The molecule has 0 aliphatic rings. The van der Waals surface area contributed by atoms with Gasteiger partial charge in [-0.15, -0.1) is 11.8 Å². The van der Waals surface area contributed by atoms with Gasteiger partial charge in [-0.05, 0) is 48.9 Å². The molecule has 2 aromatic rings. The van der Waals surface area contributed by atoms with E-state index in [-0.39, 0.29) is 0 Å². The number of hydrogen-bond acceptors (Lipinski definition) is 3. The normalized spacial score (nSPS) is 10.0. The Morgan fingerprint density at radius 1 is 1.15 bits per heavy atom. The van der Waals surface area contributed by atoms with Crippen LogP contribution in [0.2, 0.25) is 0 Å². The molecule has 0 aromatic heterocycles. The Morgan fingerprint density at radius 2 is 1.95 bits per heavy atom. The number of ether oxygens (including phenoxy) is 1. The molecule has 0 spiro atoms. The Bertz CT molecular complexity index is 592. The first-order valence-corrected chi connectivity index (χ1v) is 8.07. The van der Waals surface area contributed by atoms with E-state index in [1.807, 2.05) is 36.0 Å². The zero-order chi connectivity index (χ0) is 14.2. The minimum absolute atomic E-state index is 0.655. The lowest BCUT2D eigenvalue weighted by Gasteiger charge is -2.06. The first-order chi connectivity index (χ1) is 9.78. The Balaban J connectivity index is 1.67. The van der Waals surface area contributed by atoms with Gasteiger partial charge in [0, 0.05) is 15.1 Å². The first-order valence-electron chi connectivity index (χ1n) is 6.29. The van der Waals surface area contributed by atoms with Crippen LogP contribution in [0.25, 0.3) is 0 Å². The average molecular weight is 348 g/mol. The highest BCUT2D eigenvalue weighted by Gasteiger charge is 1.97. The fourth-order valence-corrected chi connectivity index (χ4v) is 3.06. The van der Waals surface area contributed by atoms with Crippen molar-refractivity contribution in [3.63, 3.8) is 0 Å². The van der Waals surface area contributed by atoms with Crippen LogP contribution in [0.1, 0.15) is 12.0 Å². The number of hydrogen-bond donors (Lipinski definition) is 0. The Kier molecular flexibility index (Phi) is 5.97. The number of nitriles is 1. The fourth-order valence-electron chi connectivity index (χ4n) is 1.62. The molecular formula is C16H14BrNOS. The number of nitrogens with zero attached hydrogens (tertiary/aromatic N) is 1. The van der Waals surface area contributed by atoms with Crippen molar-refractivity contribution < 1.29 is 4.74 Å². The molecule has 2 rings (SSSR count). The molecule has 0 saturated carbocycles. The minimum Gasteiger partial charge on any atom is -0.494 e. The molecule has 0 radical (unpaired) electrons. The maximum atomic E-state index is 8.71. The van der Waals surface area contributed by atoms with Crippen LogP contribution in [0.4, 0.5) is 0 Å². The van der Waals surface area contributed by atoms with Crippen molar-refractivity contribution in [3.05, 3.63) is 58.6 Å². The summed E-state index contributed by atoms with van der Waals surface area (Å²) in [4.78, 5) is 1.26. The van der Waals surface area contributed by atoms with Gasteiger partial charge < -0.3 is 4.74 Å². The van der Waals surface area contributed by atoms with Crippen LogP contribution in [-0.4, -0.2) is 12.4 Å². The van der Waals surface area contributed by atoms with E-state index in [0.29, 0.717) is 12.2 Å². The van der Waals surface area contributed by atoms with Gasteiger partial charge in [-0.2, -0.15) is 5.26 Å².